The minimum atomic E-state index is -0.273. The Morgan fingerprint density at radius 3 is 2.53 bits per heavy atom. The number of fused-ring (bicyclic) bond motifs is 1. The summed E-state index contributed by atoms with van der Waals surface area (Å²) in [4.78, 5) is 21.6. The van der Waals surface area contributed by atoms with Crippen LogP contribution in [0, 0.1) is 24.6 Å². The molecule has 5 heteroatoms. The zero-order chi connectivity index (χ0) is 25.2. The zero-order valence-electron chi connectivity index (χ0n) is 21.4. The number of likely N-dealkylation sites (tertiary alicyclic amines) is 1. The predicted molar refractivity (Wildman–Crippen MR) is 146 cm³/mol. The molecular formula is C31H34FN3O. The van der Waals surface area contributed by atoms with E-state index >= 15 is 0 Å². The maximum absolute atomic E-state index is 14.1. The van der Waals surface area contributed by atoms with E-state index in [9.17, 15) is 9.18 Å². The molecule has 0 aliphatic carbocycles. The Morgan fingerprint density at radius 1 is 1.03 bits per heavy atom. The molecular weight excluding hydrogens is 449 g/mol. The fourth-order valence-electron chi connectivity index (χ4n) is 5.48. The van der Waals surface area contributed by atoms with E-state index in [0.29, 0.717) is 29.3 Å². The molecule has 0 saturated carbocycles. The van der Waals surface area contributed by atoms with Crippen LogP contribution < -0.4 is 5.56 Å². The number of aromatic nitrogens is 2. The molecule has 1 aromatic heterocycles. The maximum atomic E-state index is 14.1. The van der Waals surface area contributed by atoms with Gasteiger partial charge in [0.15, 0.2) is 0 Å². The topological polar surface area (TPSA) is 38.1 Å². The van der Waals surface area contributed by atoms with Gasteiger partial charge in [-0.1, -0.05) is 56.3 Å². The van der Waals surface area contributed by atoms with Gasteiger partial charge >= 0.3 is 0 Å². The number of rotatable bonds is 6. The molecule has 0 radical (unpaired) electrons. The van der Waals surface area contributed by atoms with Crippen molar-refractivity contribution in [2.75, 3.05) is 19.6 Å². The number of aryl methyl sites for hydroxylation is 1. The Kier molecular flexibility index (Phi) is 7.01. The quantitative estimate of drug-likeness (QED) is 0.312. The number of piperidine rings is 1. The van der Waals surface area contributed by atoms with E-state index in [4.69, 9.17) is 4.98 Å². The molecule has 3 aromatic carbocycles. The van der Waals surface area contributed by atoms with Gasteiger partial charge in [-0.25, -0.2) is 9.37 Å². The van der Waals surface area contributed by atoms with Crippen LogP contribution in [0.15, 0.2) is 71.5 Å². The first-order valence-corrected chi connectivity index (χ1v) is 13.0. The van der Waals surface area contributed by atoms with Crippen molar-refractivity contribution in [1.82, 2.24) is 14.5 Å². The summed E-state index contributed by atoms with van der Waals surface area (Å²) in [5.74, 6) is 1.49. The molecule has 1 unspecified atom stereocenters. The van der Waals surface area contributed by atoms with Crippen molar-refractivity contribution >= 4 is 10.9 Å². The van der Waals surface area contributed by atoms with E-state index < -0.39 is 0 Å². The summed E-state index contributed by atoms with van der Waals surface area (Å²) in [6.07, 6.45) is 2.27. The van der Waals surface area contributed by atoms with Crippen LogP contribution in [0.5, 0.6) is 0 Å². The number of halogens is 1. The largest absolute Gasteiger partial charge is 0.303 e. The van der Waals surface area contributed by atoms with Crippen LogP contribution in [0.1, 0.15) is 32.3 Å². The first kappa shape index (κ1) is 24.4. The summed E-state index contributed by atoms with van der Waals surface area (Å²) in [6.45, 7) is 10.5. The van der Waals surface area contributed by atoms with Crippen molar-refractivity contribution in [2.45, 2.75) is 40.2 Å². The molecule has 0 amide bonds. The van der Waals surface area contributed by atoms with Crippen molar-refractivity contribution in [3.8, 4) is 22.5 Å². The third kappa shape index (κ3) is 5.12. The van der Waals surface area contributed by atoms with Crippen LogP contribution >= 0.6 is 0 Å². The maximum Gasteiger partial charge on any atom is 0.261 e. The van der Waals surface area contributed by atoms with Gasteiger partial charge in [0.1, 0.15) is 11.6 Å². The molecule has 4 aromatic rings. The van der Waals surface area contributed by atoms with Crippen molar-refractivity contribution < 1.29 is 4.39 Å². The molecule has 2 heterocycles. The fraction of sp³-hybridized carbons (Fsp3) is 0.355. The van der Waals surface area contributed by atoms with E-state index in [1.54, 1.807) is 12.1 Å². The average Bonchev–Trinajstić information content (AvgIpc) is 2.86. The lowest BCUT2D eigenvalue weighted by atomic mass is 9.96. The Labute approximate surface area is 212 Å². The molecule has 1 saturated heterocycles. The minimum Gasteiger partial charge on any atom is -0.303 e. The van der Waals surface area contributed by atoms with E-state index in [2.05, 4.69) is 37.8 Å². The highest BCUT2D eigenvalue weighted by Gasteiger charge is 2.24. The number of hydrogen-bond acceptors (Lipinski definition) is 3. The molecule has 5 rings (SSSR count). The number of hydrogen-bond donors (Lipinski definition) is 0. The van der Waals surface area contributed by atoms with Crippen LogP contribution in [-0.4, -0.2) is 34.1 Å². The monoisotopic (exact) mass is 483 g/mol. The third-order valence-electron chi connectivity index (χ3n) is 7.18. The van der Waals surface area contributed by atoms with Gasteiger partial charge in [0.2, 0.25) is 0 Å². The average molecular weight is 484 g/mol. The van der Waals surface area contributed by atoms with Gasteiger partial charge < -0.3 is 4.90 Å². The summed E-state index contributed by atoms with van der Waals surface area (Å²) >= 11 is 0. The normalized spacial score (nSPS) is 16.6. The van der Waals surface area contributed by atoms with Crippen molar-refractivity contribution in [3.05, 3.63) is 88.5 Å². The predicted octanol–water partition coefficient (Wildman–Crippen LogP) is 6.55. The molecule has 1 fully saturated rings. The Bertz CT molecular complexity index is 1420. The second-order valence-corrected chi connectivity index (χ2v) is 10.6. The molecule has 1 aliphatic rings. The molecule has 0 spiro atoms. The summed E-state index contributed by atoms with van der Waals surface area (Å²) < 4.78 is 15.4. The Hall–Kier alpha value is -3.31. The van der Waals surface area contributed by atoms with E-state index in [1.165, 1.54) is 12.1 Å². The zero-order valence-corrected chi connectivity index (χ0v) is 21.4. The highest BCUT2D eigenvalue weighted by molar-refractivity contribution is 5.85. The van der Waals surface area contributed by atoms with Crippen LogP contribution in [-0.2, 0) is 6.54 Å². The second-order valence-electron chi connectivity index (χ2n) is 10.6. The lowest BCUT2D eigenvalue weighted by Crippen LogP contribution is -2.40. The van der Waals surface area contributed by atoms with E-state index in [0.717, 1.165) is 60.6 Å². The summed E-state index contributed by atoms with van der Waals surface area (Å²) in [5.41, 5.74) is 4.54. The van der Waals surface area contributed by atoms with Crippen molar-refractivity contribution in [3.63, 3.8) is 0 Å². The first-order chi connectivity index (χ1) is 17.4. The van der Waals surface area contributed by atoms with Crippen LogP contribution in [0.4, 0.5) is 4.39 Å². The van der Waals surface area contributed by atoms with Gasteiger partial charge in [-0.2, -0.15) is 0 Å². The molecule has 186 valence electrons. The van der Waals surface area contributed by atoms with Crippen LogP contribution in [0.25, 0.3) is 33.4 Å². The van der Waals surface area contributed by atoms with Gasteiger partial charge in [0.25, 0.3) is 5.56 Å². The molecule has 36 heavy (non-hydrogen) atoms. The standard InChI is InChI=1S/C31H34FN3O/c1-21(2)18-34-16-6-8-23(19-34)20-35-30(27-9-5-4-7-22(27)3)33-29-15-12-25(17-28(29)31(35)36)24-10-13-26(32)14-11-24/h4-5,7,9-15,17,21,23H,6,8,16,18-20H2,1-3H3. The third-order valence-corrected chi connectivity index (χ3v) is 7.18. The van der Waals surface area contributed by atoms with Crippen LogP contribution in [0.2, 0.25) is 0 Å². The van der Waals surface area contributed by atoms with E-state index in [1.807, 2.05) is 34.9 Å². The van der Waals surface area contributed by atoms with Crippen molar-refractivity contribution in [2.24, 2.45) is 11.8 Å². The first-order valence-electron chi connectivity index (χ1n) is 13.0. The smallest absolute Gasteiger partial charge is 0.261 e. The van der Waals surface area contributed by atoms with Gasteiger partial charge in [0, 0.05) is 25.2 Å². The lowest BCUT2D eigenvalue weighted by molar-refractivity contribution is 0.148. The van der Waals surface area contributed by atoms with Gasteiger partial charge in [0.05, 0.1) is 10.9 Å². The number of benzene rings is 3. The second kappa shape index (κ2) is 10.4. The molecule has 0 bridgehead atoms. The fourth-order valence-corrected chi connectivity index (χ4v) is 5.48. The summed E-state index contributed by atoms with van der Waals surface area (Å²) in [7, 11) is 0. The highest BCUT2D eigenvalue weighted by Crippen LogP contribution is 2.28. The minimum absolute atomic E-state index is 0.0109. The number of nitrogens with zero attached hydrogens (tertiary/aromatic N) is 3. The summed E-state index contributed by atoms with van der Waals surface area (Å²) in [5, 5.41) is 0.601. The molecule has 1 aliphatic heterocycles. The molecule has 0 N–H and O–H groups in total. The van der Waals surface area contributed by atoms with Crippen LogP contribution in [0.3, 0.4) is 0 Å². The Balaban J connectivity index is 1.61. The SMILES string of the molecule is Cc1ccccc1-c1nc2ccc(-c3ccc(F)cc3)cc2c(=O)n1CC1CCCN(CC(C)C)C1. The van der Waals surface area contributed by atoms with E-state index in [-0.39, 0.29) is 11.4 Å². The Morgan fingerprint density at radius 2 is 1.78 bits per heavy atom. The highest BCUT2D eigenvalue weighted by atomic mass is 19.1. The van der Waals surface area contributed by atoms with Crippen molar-refractivity contribution in [1.29, 1.82) is 0 Å². The van der Waals surface area contributed by atoms with Gasteiger partial charge in [-0.3, -0.25) is 9.36 Å². The van der Waals surface area contributed by atoms with Gasteiger partial charge in [-0.05, 0) is 79.1 Å². The summed E-state index contributed by atoms with van der Waals surface area (Å²) in [6, 6.07) is 20.3. The molecule has 4 nitrogen and oxygen atoms in total. The lowest BCUT2D eigenvalue weighted by Gasteiger charge is -2.34. The molecule has 1 atom stereocenters. The van der Waals surface area contributed by atoms with Gasteiger partial charge in [-0.15, -0.1) is 0 Å².